The number of carbonyl (C=O) groups is 2. The summed E-state index contributed by atoms with van der Waals surface area (Å²) in [5, 5.41) is 4.16. The zero-order chi connectivity index (χ0) is 37.1. The number of nitrogens with zero attached hydrogens (tertiary/aromatic N) is 6. The molecule has 3 heterocycles. The number of rotatable bonds is 10. The van der Waals surface area contributed by atoms with Crippen molar-refractivity contribution in [2.75, 3.05) is 12.0 Å². The van der Waals surface area contributed by atoms with E-state index in [2.05, 4.69) is 15.1 Å². The number of amides is 1. The second-order valence-corrected chi connectivity index (χ2v) is 13.7. The van der Waals surface area contributed by atoms with Crippen LogP contribution in [0.2, 0.25) is 0 Å². The number of likely N-dealkylation sites (tertiary alicyclic amines) is 1. The Bertz CT molecular complexity index is 1610. The van der Waals surface area contributed by atoms with Crippen molar-refractivity contribution in [3.63, 3.8) is 0 Å². The molecule has 2 aromatic heterocycles. The van der Waals surface area contributed by atoms with E-state index in [4.69, 9.17) is 4.74 Å². The molecule has 1 aliphatic heterocycles. The zero-order valence-electron chi connectivity index (χ0n) is 29.2. The van der Waals surface area contributed by atoms with Crippen molar-refractivity contribution < 1.29 is 40.7 Å². The number of ether oxygens (including phenoxy) is 1. The molecule has 3 aromatic rings. The second kappa shape index (κ2) is 15.6. The first-order valence-electron chi connectivity index (χ1n) is 17.4. The van der Waals surface area contributed by atoms with E-state index in [1.54, 1.807) is 41.4 Å². The first-order valence-corrected chi connectivity index (χ1v) is 17.4. The van der Waals surface area contributed by atoms with Crippen LogP contribution in [-0.2, 0) is 40.3 Å². The molecule has 51 heavy (non-hydrogen) atoms. The maximum absolute atomic E-state index is 14.1. The normalized spacial score (nSPS) is 22.9. The maximum Gasteiger partial charge on any atom is 0.416 e. The van der Waals surface area contributed by atoms with Gasteiger partial charge < -0.3 is 14.5 Å². The van der Waals surface area contributed by atoms with Gasteiger partial charge in [0, 0.05) is 73.8 Å². The van der Waals surface area contributed by atoms with E-state index in [1.807, 2.05) is 18.7 Å². The van der Waals surface area contributed by atoms with E-state index >= 15 is 0 Å². The van der Waals surface area contributed by atoms with E-state index in [-0.39, 0.29) is 59.9 Å². The van der Waals surface area contributed by atoms with Crippen LogP contribution in [0.3, 0.4) is 0 Å². The lowest BCUT2D eigenvalue weighted by molar-refractivity contribution is -0.146. The van der Waals surface area contributed by atoms with Crippen molar-refractivity contribution in [3.05, 3.63) is 59.7 Å². The Balaban J connectivity index is 1.46. The molecule has 0 radical (unpaired) electrons. The van der Waals surface area contributed by atoms with Gasteiger partial charge >= 0.3 is 18.3 Å². The molecule has 0 spiro atoms. The first kappa shape index (κ1) is 38.1. The number of aryl methyl sites for hydroxylation is 1. The van der Waals surface area contributed by atoms with Crippen LogP contribution in [0, 0.1) is 11.8 Å². The van der Waals surface area contributed by atoms with Crippen molar-refractivity contribution in [2.45, 2.75) is 109 Å². The molecule has 5 rings (SSSR count). The van der Waals surface area contributed by atoms with E-state index in [1.165, 1.54) is 7.11 Å². The number of carbonyl (C=O) groups excluding carboxylic acids is 2. The number of aromatic nitrogens is 4. The van der Waals surface area contributed by atoms with E-state index < -0.39 is 29.5 Å². The largest absolute Gasteiger partial charge is 0.469 e. The standard InChI is InChI=1S/C36H44F6N6O3/c1-5-29-15-31(16-30(6-2)48(29)33(50)24-9-7-22(8-10-24)13-32(49)51-4)47(34-43-17-25(18-44-34)26-19-45-46(3)21-26)20-23-11-27(35(37,38)39)14-28(12-23)36(40,41)42/h11-12,14,17-19,21-22,24,29-31H,5-10,13,15-16,20H2,1-4H3/t22?,24?,29-,30+,31?. The van der Waals surface area contributed by atoms with Crippen molar-refractivity contribution >= 4 is 17.8 Å². The number of esters is 1. The summed E-state index contributed by atoms with van der Waals surface area (Å²) in [7, 11) is 3.12. The van der Waals surface area contributed by atoms with Gasteiger partial charge in [0.15, 0.2) is 0 Å². The van der Waals surface area contributed by atoms with Gasteiger partial charge in [-0.1, -0.05) is 13.8 Å². The maximum atomic E-state index is 14.1. The summed E-state index contributed by atoms with van der Waals surface area (Å²) in [5.74, 6) is -0.0668. The number of benzene rings is 1. The third-order valence-corrected chi connectivity index (χ3v) is 10.3. The van der Waals surface area contributed by atoms with Gasteiger partial charge in [0.25, 0.3) is 0 Å². The summed E-state index contributed by atoms with van der Waals surface area (Å²) in [6.45, 7) is 3.63. The minimum Gasteiger partial charge on any atom is -0.469 e. The lowest BCUT2D eigenvalue weighted by Crippen LogP contribution is -2.58. The molecule has 15 heteroatoms. The van der Waals surface area contributed by atoms with Crippen molar-refractivity contribution in [2.24, 2.45) is 18.9 Å². The molecule has 3 atom stereocenters. The third-order valence-electron chi connectivity index (χ3n) is 10.3. The Morgan fingerprint density at radius 1 is 0.863 bits per heavy atom. The van der Waals surface area contributed by atoms with E-state index in [9.17, 15) is 35.9 Å². The number of piperidine rings is 1. The molecule has 1 aromatic carbocycles. The summed E-state index contributed by atoms with van der Waals surface area (Å²) in [6, 6.07) is 0.775. The number of methoxy groups -OCH3 is 1. The van der Waals surface area contributed by atoms with Crippen LogP contribution in [0.25, 0.3) is 11.1 Å². The number of anilines is 1. The molecule has 0 bridgehead atoms. The summed E-state index contributed by atoms with van der Waals surface area (Å²) >= 11 is 0. The number of hydrogen-bond donors (Lipinski definition) is 0. The molecule has 1 saturated heterocycles. The number of halogens is 6. The average Bonchev–Trinajstić information content (AvgIpc) is 3.55. The van der Waals surface area contributed by atoms with Crippen molar-refractivity contribution in [1.29, 1.82) is 0 Å². The highest BCUT2D eigenvalue weighted by molar-refractivity contribution is 5.80. The summed E-state index contributed by atoms with van der Waals surface area (Å²) in [6.07, 6.45) is 1.73. The van der Waals surface area contributed by atoms with E-state index in [0.29, 0.717) is 50.5 Å². The molecule has 2 fully saturated rings. The smallest absolute Gasteiger partial charge is 0.416 e. The summed E-state index contributed by atoms with van der Waals surface area (Å²) < 4.78 is 89.5. The van der Waals surface area contributed by atoms with Gasteiger partial charge in [0.1, 0.15) is 0 Å². The number of hydrogen-bond acceptors (Lipinski definition) is 7. The highest BCUT2D eigenvalue weighted by atomic mass is 19.4. The van der Waals surface area contributed by atoms with Gasteiger partial charge in [-0.05, 0) is 81.0 Å². The lowest BCUT2D eigenvalue weighted by atomic mass is 9.78. The molecular weight excluding hydrogens is 678 g/mol. The Labute approximate surface area is 293 Å². The van der Waals surface area contributed by atoms with Crippen LogP contribution < -0.4 is 4.90 Å². The molecule has 1 saturated carbocycles. The molecule has 1 aliphatic carbocycles. The molecule has 0 N–H and O–H groups in total. The Kier molecular flexibility index (Phi) is 11.6. The van der Waals surface area contributed by atoms with Crippen LogP contribution in [0.15, 0.2) is 43.0 Å². The Morgan fingerprint density at radius 2 is 1.43 bits per heavy atom. The minimum absolute atomic E-state index is 0.0555. The zero-order valence-corrected chi connectivity index (χ0v) is 29.2. The molecule has 278 valence electrons. The predicted octanol–water partition coefficient (Wildman–Crippen LogP) is 7.84. The predicted molar refractivity (Wildman–Crippen MR) is 177 cm³/mol. The van der Waals surface area contributed by atoms with Gasteiger partial charge in [-0.25, -0.2) is 9.97 Å². The van der Waals surface area contributed by atoms with Crippen LogP contribution in [-0.4, -0.2) is 61.8 Å². The summed E-state index contributed by atoms with van der Waals surface area (Å²) in [5.41, 5.74) is -1.57. The van der Waals surface area contributed by atoms with Gasteiger partial charge in [-0.15, -0.1) is 0 Å². The highest BCUT2D eigenvalue weighted by Crippen LogP contribution is 2.40. The van der Waals surface area contributed by atoms with Crippen LogP contribution in [0.4, 0.5) is 32.3 Å². The average molecular weight is 723 g/mol. The highest BCUT2D eigenvalue weighted by Gasteiger charge is 2.43. The SMILES string of the molecule is CC[C@@H]1CC(N(Cc2cc(C(F)(F)F)cc(C(F)(F)F)c2)c2ncc(-c3cnn(C)c3)cn2)C[C@H](CC)N1C(=O)C1CCC(CC(=O)OC)CC1. The van der Waals surface area contributed by atoms with Gasteiger partial charge in [-0.2, -0.15) is 31.4 Å². The molecule has 1 amide bonds. The van der Waals surface area contributed by atoms with Crippen molar-refractivity contribution in [1.82, 2.24) is 24.6 Å². The van der Waals surface area contributed by atoms with E-state index in [0.717, 1.165) is 30.5 Å². The fraction of sp³-hybridized carbons (Fsp3) is 0.583. The Morgan fingerprint density at radius 3 is 1.90 bits per heavy atom. The second-order valence-electron chi connectivity index (χ2n) is 13.7. The lowest BCUT2D eigenvalue weighted by Gasteiger charge is -2.49. The van der Waals surface area contributed by atoms with Crippen LogP contribution in [0.5, 0.6) is 0 Å². The first-order chi connectivity index (χ1) is 24.1. The fourth-order valence-electron chi connectivity index (χ4n) is 7.59. The van der Waals surface area contributed by atoms with Gasteiger partial charge in [0.2, 0.25) is 11.9 Å². The quantitative estimate of drug-likeness (QED) is 0.156. The molecule has 9 nitrogen and oxygen atoms in total. The summed E-state index contributed by atoms with van der Waals surface area (Å²) in [4.78, 5) is 38.7. The number of alkyl halides is 6. The fourth-order valence-corrected chi connectivity index (χ4v) is 7.59. The topological polar surface area (TPSA) is 93.5 Å². The minimum atomic E-state index is -4.99. The molecular formula is C36H44F6N6O3. The Hall–Kier alpha value is -4.17. The van der Waals surface area contributed by atoms with Gasteiger partial charge in [-0.3, -0.25) is 14.3 Å². The molecule has 2 aliphatic rings. The monoisotopic (exact) mass is 722 g/mol. The van der Waals surface area contributed by atoms with Gasteiger partial charge in [0.05, 0.1) is 24.4 Å². The van der Waals surface area contributed by atoms with Crippen molar-refractivity contribution in [3.8, 4) is 11.1 Å². The molecule has 1 unspecified atom stereocenters. The third kappa shape index (κ3) is 9.01. The van der Waals surface area contributed by atoms with Crippen LogP contribution >= 0.6 is 0 Å². The van der Waals surface area contributed by atoms with Crippen LogP contribution in [0.1, 0.15) is 88.3 Å².